The first-order valence-electron chi connectivity index (χ1n) is 10.4. The highest BCUT2D eigenvalue weighted by atomic mass is 16.5. The molecule has 31 heavy (non-hydrogen) atoms. The van der Waals surface area contributed by atoms with Crippen molar-refractivity contribution < 1.29 is 14.3 Å². The summed E-state index contributed by atoms with van der Waals surface area (Å²) in [7, 11) is 0. The van der Waals surface area contributed by atoms with Gasteiger partial charge in [0.2, 0.25) is 11.8 Å². The Morgan fingerprint density at radius 3 is 2.74 bits per heavy atom. The van der Waals surface area contributed by atoms with Crippen LogP contribution in [0.5, 0.6) is 17.4 Å². The van der Waals surface area contributed by atoms with Crippen molar-refractivity contribution in [2.75, 3.05) is 18.0 Å². The molecule has 0 aliphatic carbocycles. The van der Waals surface area contributed by atoms with Gasteiger partial charge in [-0.2, -0.15) is 0 Å². The van der Waals surface area contributed by atoms with Crippen LogP contribution in [0.2, 0.25) is 0 Å². The van der Waals surface area contributed by atoms with E-state index in [0.29, 0.717) is 11.6 Å². The maximum atomic E-state index is 11.2. The molecule has 0 spiro atoms. The Kier molecular flexibility index (Phi) is 6.31. The van der Waals surface area contributed by atoms with Gasteiger partial charge in [-0.3, -0.25) is 9.78 Å². The molecule has 3 aromatic rings. The zero-order valence-electron chi connectivity index (χ0n) is 17.7. The van der Waals surface area contributed by atoms with Crippen molar-refractivity contribution >= 4 is 11.6 Å². The lowest BCUT2D eigenvalue weighted by molar-refractivity contribution is -0.119. The molecule has 3 heterocycles. The van der Waals surface area contributed by atoms with Gasteiger partial charge in [0.05, 0.1) is 18.8 Å². The van der Waals surface area contributed by atoms with Crippen LogP contribution in [-0.2, 0) is 4.79 Å². The van der Waals surface area contributed by atoms with Crippen LogP contribution in [0.15, 0.2) is 67.1 Å². The van der Waals surface area contributed by atoms with Gasteiger partial charge in [0.1, 0.15) is 17.6 Å². The molecule has 4 rings (SSSR count). The van der Waals surface area contributed by atoms with Gasteiger partial charge in [-0.15, -0.1) is 0 Å². The second-order valence-electron chi connectivity index (χ2n) is 7.61. The van der Waals surface area contributed by atoms with Gasteiger partial charge in [0.15, 0.2) is 0 Å². The van der Waals surface area contributed by atoms with Gasteiger partial charge in [-0.25, -0.2) is 4.98 Å². The van der Waals surface area contributed by atoms with E-state index in [2.05, 4.69) is 20.2 Å². The number of nitrogens with one attached hydrogen (secondary N) is 1. The molecule has 7 nitrogen and oxygen atoms in total. The summed E-state index contributed by atoms with van der Waals surface area (Å²) in [6.07, 6.45) is 6.17. The molecule has 2 atom stereocenters. The predicted molar refractivity (Wildman–Crippen MR) is 118 cm³/mol. The Morgan fingerprint density at radius 2 is 2.00 bits per heavy atom. The number of amides is 1. The first-order valence-corrected chi connectivity index (χ1v) is 10.4. The molecule has 0 bridgehead atoms. The van der Waals surface area contributed by atoms with Gasteiger partial charge in [-0.05, 0) is 42.8 Å². The largest absolute Gasteiger partial charge is 0.489 e. The van der Waals surface area contributed by atoms with E-state index in [1.165, 1.54) is 6.92 Å². The standard InChI is InChI=1S/C24H26N4O3/c1-17(27-18(2)29)19-5-7-21(8-6-19)30-23-10-13-28(16-23)20-9-12-26-24(14-20)31-22-4-3-11-25-15-22/h3-9,11-12,14-15,17,23H,10,13,16H2,1-2H3,(H,27,29)/t17-,23+/m0/s1. The van der Waals surface area contributed by atoms with Crippen molar-refractivity contribution in [1.29, 1.82) is 0 Å². The molecule has 7 heteroatoms. The van der Waals surface area contributed by atoms with Crippen LogP contribution >= 0.6 is 0 Å². The number of hydrogen-bond donors (Lipinski definition) is 1. The number of benzene rings is 1. The minimum absolute atomic E-state index is 0.0247. The summed E-state index contributed by atoms with van der Waals surface area (Å²) >= 11 is 0. The fourth-order valence-electron chi connectivity index (χ4n) is 3.65. The van der Waals surface area contributed by atoms with Crippen molar-refractivity contribution in [2.45, 2.75) is 32.4 Å². The first-order chi connectivity index (χ1) is 15.1. The zero-order valence-corrected chi connectivity index (χ0v) is 17.7. The molecule has 2 aromatic heterocycles. The van der Waals surface area contributed by atoms with E-state index in [4.69, 9.17) is 9.47 Å². The predicted octanol–water partition coefficient (Wildman–Crippen LogP) is 4.12. The number of carbonyl (C=O) groups is 1. The molecule has 0 radical (unpaired) electrons. The van der Waals surface area contributed by atoms with E-state index in [1.807, 2.05) is 55.5 Å². The Labute approximate surface area is 182 Å². The van der Waals surface area contributed by atoms with Crippen LogP contribution in [-0.4, -0.2) is 35.1 Å². The van der Waals surface area contributed by atoms with E-state index in [0.717, 1.165) is 36.5 Å². The van der Waals surface area contributed by atoms with Gasteiger partial charge in [-0.1, -0.05) is 12.1 Å². The van der Waals surface area contributed by atoms with Crippen LogP contribution in [0.3, 0.4) is 0 Å². The quantitative estimate of drug-likeness (QED) is 0.622. The smallest absolute Gasteiger partial charge is 0.221 e. The molecule has 1 aliphatic rings. The van der Waals surface area contributed by atoms with Crippen molar-refractivity contribution in [3.63, 3.8) is 0 Å². The van der Waals surface area contributed by atoms with Gasteiger partial charge in [0.25, 0.3) is 0 Å². The highest BCUT2D eigenvalue weighted by Gasteiger charge is 2.24. The number of hydrogen-bond acceptors (Lipinski definition) is 6. The summed E-state index contributed by atoms with van der Waals surface area (Å²) in [6.45, 7) is 5.18. The second-order valence-corrected chi connectivity index (χ2v) is 7.61. The normalized spacial score (nSPS) is 16.6. The van der Waals surface area contributed by atoms with E-state index in [-0.39, 0.29) is 18.1 Å². The fraction of sp³-hybridized carbons (Fsp3) is 0.292. The van der Waals surface area contributed by atoms with Gasteiger partial charge >= 0.3 is 0 Å². The topological polar surface area (TPSA) is 76.6 Å². The highest BCUT2D eigenvalue weighted by molar-refractivity contribution is 5.73. The molecule has 1 amide bonds. The average molecular weight is 418 g/mol. The Balaban J connectivity index is 1.34. The highest BCUT2D eigenvalue weighted by Crippen LogP contribution is 2.27. The van der Waals surface area contributed by atoms with Crippen molar-refractivity contribution in [3.05, 3.63) is 72.7 Å². The molecule has 1 aromatic carbocycles. The monoisotopic (exact) mass is 418 g/mol. The Morgan fingerprint density at radius 1 is 1.16 bits per heavy atom. The van der Waals surface area contributed by atoms with Crippen LogP contribution in [0, 0.1) is 0 Å². The summed E-state index contributed by atoms with van der Waals surface area (Å²) in [4.78, 5) is 21.9. The number of nitrogens with zero attached hydrogens (tertiary/aromatic N) is 3. The van der Waals surface area contributed by atoms with Crippen LogP contribution in [0.4, 0.5) is 5.69 Å². The van der Waals surface area contributed by atoms with E-state index in [9.17, 15) is 4.79 Å². The van der Waals surface area contributed by atoms with E-state index < -0.39 is 0 Å². The van der Waals surface area contributed by atoms with Crippen molar-refractivity contribution in [2.24, 2.45) is 0 Å². The van der Waals surface area contributed by atoms with E-state index in [1.54, 1.807) is 18.6 Å². The number of aromatic nitrogens is 2. The molecule has 1 aliphatic heterocycles. The Hall–Kier alpha value is -3.61. The van der Waals surface area contributed by atoms with E-state index >= 15 is 0 Å². The molecular weight excluding hydrogens is 392 g/mol. The maximum absolute atomic E-state index is 11.2. The Bertz CT molecular complexity index is 1010. The van der Waals surface area contributed by atoms with Gasteiger partial charge < -0.3 is 19.7 Å². The molecule has 0 unspecified atom stereocenters. The molecular formula is C24H26N4O3. The molecule has 1 fully saturated rings. The second kappa shape index (κ2) is 9.47. The fourth-order valence-corrected chi connectivity index (χ4v) is 3.65. The lowest BCUT2D eigenvalue weighted by atomic mass is 10.1. The van der Waals surface area contributed by atoms with Gasteiger partial charge in [0, 0.05) is 44.0 Å². The summed E-state index contributed by atoms with van der Waals surface area (Å²) in [5.41, 5.74) is 2.10. The minimum atomic E-state index is -0.0380. The first kappa shape index (κ1) is 20.7. The SMILES string of the molecule is CC(=O)N[C@@H](C)c1ccc(O[C@@H]2CCN(c3ccnc(Oc4cccnc4)c3)C2)cc1. The molecule has 0 saturated carbocycles. The lowest BCUT2D eigenvalue weighted by Gasteiger charge is -2.20. The number of ether oxygens (including phenoxy) is 2. The van der Waals surface area contributed by atoms with Crippen molar-refractivity contribution in [3.8, 4) is 17.4 Å². The zero-order chi connectivity index (χ0) is 21.6. The number of pyridine rings is 2. The minimum Gasteiger partial charge on any atom is -0.489 e. The average Bonchev–Trinajstić information content (AvgIpc) is 3.23. The summed E-state index contributed by atoms with van der Waals surface area (Å²) < 4.78 is 12.0. The lowest BCUT2D eigenvalue weighted by Crippen LogP contribution is -2.24. The third-order valence-electron chi connectivity index (χ3n) is 5.19. The third-order valence-corrected chi connectivity index (χ3v) is 5.19. The van der Waals surface area contributed by atoms with Crippen LogP contribution in [0.25, 0.3) is 0 Å². The third kappa shape index (κ3) is 5.51. The van der Waals surface area contributed by atoms with Crippen LogP contribution < -0.4 is 19.7 Å². The van der Waals surface area contributed by atoms with Crippen molar-refractivity contribution in [1.82, 2.24) is 15.3 Å². The number of carbonyl (C=O) groups excluding carboxylic acids is 1. The molecule has 1 N–H and O–H groups in total. The number of rotatable bonds is 7. The number of anilines is 1. The summed E-state index contributed by atoms with van der Waals surface area (Å²) in [5.74, 6) is 2.00. The molecule has 160 valence electrons. The maximum Gasteiger partial charge on any atom is 0.221 e. The molecule has 1 saturated heterocycles. The van der Waals surface area contributed by atoms with Crippen LogP contribution in [0.1, 0.15) is 31.9 Å². The summed E-state index contributed by atoms with van der Waals surface area (Å²) in [5, 5.41) is 2.89. The summed E-state index contributed by atoms with van der Waals surface area (Å²) in [6, 6.07) is 15.5.